The summed E-state index contributed by atoms with van der Waals surface area (Å²) < 4.78 is 11.7. The van der Waals surface area contributed by atoms with Gasteiger partial charge >= 0.3 is 0 Å². The molecule has 5 heteroatoms. The second kappa shape index (κ2) is 6.82. The highest BCUT2D eigenvalue weighted by molar-refractivity contribution is 7.84. The molecule has 0 saturated heterocycles. The van der Waals surface area contributed by atoms with E-state index in [1.165, 1.54) is 0 Å². The summed E-state index contributed by atoms with van der Waals surface area (Å²) in [6, 6.07) is 17.0. The Bertz CT molecular complexity index is 735. The Balaban J connectivity index is 2.23. The second-order valence-corrected chi connectivity index (χ2v) is 6.04. The van der Waals surface area contributed by atoms with Gasteiger partial charge in [0.15, 0.2) is 0 Å². The van der Waals surface area contributed by atoms with Gasteiger partial charge in [-0.05, 0) is 28.8 Å². The van der Waals surface area contributed by atoms with Crippen molar-refractivity contribution in [2.75, 3.05) is 5.75 Å². The lowest BCUT2D eigenvalue weighted by molar-refractivity contribution is -0.115. The predicted molar refractivity (Wildman–Crippen MR) is 82.5 cm³/mol. The largest absolute Gasteiger partial charge is 0.369 e. The molecule has 0 saturated carbocycles. The van der Waals surface area contributed by atoms with Crippen molar-refractivity contribution < 1.29 is 9.00 Å². The number of benzene rings is 2. The molecule has 0 aromatic heterocycles. The maximum Gasteiger partial charge on any atom is 0.230 e. The van der Waals surface area contributed by atoms with E-state index in [4.69, 9.17) is 11.0 Å². The standard InChI is InChI=1S/C16H14N2O2S/c17-9-12-3-1-5-14(7-12)15-6-2-4-13(8-15)10-21(20)11-16(18)19/h1-8H,10-11H2,(H2,18,19). The second-order valence-electron chi connectivity index (χ2n) is 4.59. The van der Waals surface area contributed by atoms with Gasteiger partial charge in [0, 0.05) is 16.6 Å². The minimum Gasteiger partial charge on any atom is -0.369 e. The van der Waals surface area contributed by atoms with Crippen molar-refractivity contribution in [2.24, 2.45) is 5.73 Å². The topological polar surface area (TPSA) is 83.9 Å². The Morgan fingerprint density at radius 2 is 1.81 bits per heavy atom. The van der Waals surface area contributed by atoms with E-state index in [2.05, 4.69) is 6.07 Å². The molecule has 2 rings (SSSR count). The van der Waals surface area contributed by atoms with Crippen LogP contribution < -0.4 is 5.73 Å². The zero-order valence-corrected chi connectivity index (χ0v) is 12.1. The molecule has 0 spiro atoms. The first-order chi connectivity index (χ1) is 10.1. The molecule has 0 aliphatic carbocycles. The van der Waals surface area contributed by atoms with Crippen molar-refractivity contribution in [3.8, 4) is 17.2 Å². The van der Waals surface area contributed by atoms with Crippen molar-refractivity contribution in [3.63, 3.8) is 0 Å². The van der Waals surface area contributed by atoms with Gasteiger partial charge in [-0.2, -0.15) is 5.26 Å². The van der Waals surface area contributed by atoms with Gasteiger partial charge in [0.25, 0.3) is 0 Å². The molecule has 0 heterocycles. The quantitative estimate of drug-likeness (QED) is 0.915. The van der Waals surface area contributed by atoms with Gasteiger partial charge in [-0.25, -0.2) is 0 Å². The lowest BCUT2D eigenvalue weighted by atomic mass is 10.0. The highest BCUT2D eigenvalue weighted by Gasteiger charge is 2.07. The summed E-state index contributed by atoms with van der Waals surface area (Å²) in [6.07, 6.45) is 0. The average molecular weight is 298 g/mol. The number of nitrogens with two attached hydrogens (primary N) is 1. The Morgan fingerprint density at radius 1 is 1.14 bits per heavy atom. The lowest BCUT2D eigenvalue weighted by Crippen LogP contribution is -2.20. The van der Waals surface area contributed by atoms with Crippen molar-refractivity contribution >= 4 is 16.7 Å². The molecule has 0 fully saturated rings. The first-order valence-corrected chi connectivity index (χ1v) is 7.80. The number of hydrogen-bond acceptors (Lipinski definition) is 3. The van der Waals surface area contributed by atoms with Crippen LogP contribution in [-0.2, 0) is 21.3 Å². The highest BCUT2D eigenvalue weighted by Crippen LogP contribution is 2.22. The molecule has 1 atom stereocenters. The SMILES string of the molecule is N#Cc1cccc(-c2cccc(CS(=O)CC(N)=O)c2)c1. The Kier molecular flexibility index (Phi) is 4.85. The third-order valence-electron chi connectivity index (χ3n) is 2.88. The maximum atomic E-state index is 11.7. The Labute approximate surface area is 125 Å². The molecule has 4 nitrogen and oxygen atoms in total. The number of nitriles is 1. The third kappa shape index (κ3) is 4.26. The van der Waals surface area contributed by atoms with Gasteiger partial charge in [0.05, 0.1) is 11.6 Å². The molecule has 0 bridgehead atoms. The van der Waals surface area contributed by atoms with Crippen LogP contribution >= 0.6 is 0 Å². The van der Waals surface area contributed by atoms with E-state index in [0.29, 0.717) is 5.56 Å². The minimum absolute atomic E-state index is 0.131. The number of carbonyl (C=O) groups excluding carboxylic acids is 1. The van der Waals surface area contributed by atoms with Crippen molar-refractivity contribution in [1.29, 1.82) is 5.26 Å². The molecule has 2 N–H and O–H groups in total. The normalized spacial score (nSPS) is 11.6. The summed E-state index contributed by atoms with van der Waals surface area (Å²) in [5.41, 5.74) is 8.37. The highest BCUT2D eigenvalue weighted by atomic mass is 32.2. The monoisotopic (exact) mass is 298 g/mol. The van der Waals surface area contributed by atoms with Gasteiger partial charge in [-0.1, -0.05) is 36.4 Å². The van der Waals surface area contributed by atoms with Gasteiger partial charge in [0.2, 0.25) is 5.91 Å². The van der Waals surface area contributed by atoms with Crippen molar-refractivity contribution in [1.82, 2.24) is 0 Å². The zero-order valence-electron chi connectivity index (χ0n) is 11.3. The van der Waals surface area contributed by atoms with E-state index in [1.807, 2.05) is 36.4 Å². The van der Waals surface area contributed by atoms with Crippen LogP contribution in [0.15, 0.2) is 48.5 Å². The summed E-state index contributed by atoms with van der Waals surface area (Å²) in [7, 11) is -1.30. The van der Waals surface area contributed by atoms with Crippen LogP contribution in [0.25, 0.3) is 11.1 Å². The van der Waals surface area contributed by atoms with Gasteiger partial charge in [-0.3, -0.25) is 9.00 Å². The average Bonchev–Trinajstić information content (AvgIpc) is 2.46. The minimum atomic E-state index is -1.30. The van der Waals surface area contributed by atoms with Crippen LogP contribution in [0.3, 0.4) is 0 Å². The van der Waals surface area contributed by atoms with E-state index in [0.717, 1.165) is 16.7 Å². The Hall–Kier alpha value is -2.45. The first kappa shape index (κ1) is 14.9. The van der Waals surface area contributed by atoms with Crippen LogP contribution in [0.5, 0.6) is 0 Å². The number of primary amides is 1. The number of amides is 1. The number of hydrogen-bond donors (Lipinski definition) is 1. The van der Waals surface area contributed by atoms with Crippen LogP contribution in [0.4, 0.5) is 0 Å². The fourth-order valence-electron chi connectivity index (χ4n) is 2.00. The van der Waals surface area contributed by atoms with Crippen LogP contribution in [0, 0.1) is 11.3 Å². The van der Waals surface area contributed by atoms with E-state index >= 15 is 0 Å². The lowest BCUT2D eigenvalue weighted by Gasteiger charge is -2.06. The van der Waals surface area contributed by atoms with Gasteiger partial charge < -0.3 is 5.73 Å². The summed E-state index contributed by atoms with van der Waals surface area (Å²) in [5, 5.41) is 8.93. The first-order valence-electron chi connectivity index (χ1n) is 6.31. The fraction of sp³-hybridized carbons (Fsp3) is 0.125. The molecule has 0 aliphatic heterocycles. The third-order valence-corrected chi connectivity index (χ3v) is 4.14. The summed E-state index contributed by atoms with van der Waals surface area (Å²) in [4.78, 5) is 10.8. The van der Waals surface area contributed by atoms with Crippen LogP contribution in [0.1, 0.15) is 11.1 Å². The smallest absolute Gasteiger partial charge is 0.230 e. The number of rotatable bonds is 5. The van der Waals surface area contributed by atoms with E-state index < -0.39 is 16.7 Å². The molecular formula is C16H14N2O2S. The van der Waals surface area contributed by atoms with E-state index in [9.17, 15) is 9.00 Å². The van der Waals surface area contributed by atoms with Gasteiger partial charge in [0.1, 0.15) is 5.75 Å². The van der Waals surface area contributed by atoms with Crippen LogP contribution in [0.2, 0.25) is 0 Å². The molecular weight excluding hydrogens is 284 g/mol. The Morgan fingerprint density at radius 3 is 2.48 bits per heavy atom. The molecule has 2 aromatic carbocycles. The maximum absolute atomic E-state index is 11.7. The van der Waals surface area contributed by atoms with Crippen molar-refractivity contribution in [3.05, 3.63) is 59.7 Å². The zero-order chi connectivity index (χ0) is 15.2. The molecule has 1 amide bonds. The van der Waals surface area contributed by atoms with Crippen molar-refractivity contribution in [2.45, 2.75) is 5.75 Å². The summed E-state index contributed by atoms with van der Waals surface area (Å²) in [6.45, 7) is 0. The molecule has 106 valence electrons. The van der Waals surface area contributed by atoms with Gasteiger partial charge in [-0.15, -0.1) is 0 Å². The molecule has 0 aliphatic rings. The molecule has 2 aromatic rings. The summed E-state index contributed by atoms with van der Waals surface area (Å²) >= 11 is 0. The van der Waals surface area contributed by atoms with E-state index in [-0.39, 0.29) is 11.5 Å². The van der Waals surface area contributed by atoms with E-state index in [1.54, 1.807) is 12.1 Å². The predicted octanol–water partition coefficient (Wildman–Crippen LogP) is 1.96. The number of carbonyl (C=O) groups is 1. The number of nitrogens with zero attached hydrogens (tertiary/aromatic N) is 1. The summed E-state index contributed by atoms with van der Waals surface area (Å²) in [5.74, 6) is -0.408. The fourth-order valence-corrected chi connectivity index (χ4v) is 2.98. The molecule has 0 radical (unpaired) electrons. The van der Waals surface area contributed by atoms with Crippen LogP contribution in [-0.4, -0.2) is 15.9 Å². The molecule has 21 heavy (non-hydrogen) atoms. The molecule has 1 unspecified atom stereocenters.